The number of piperidine rings is 1. The molecule has 0 N–H and O–H groups in total. The second-order valence-electron chi connectivity index (χ2n) is 12.4. The van der Waals surface area contributed by atoms with Crippen molar-refractivity contribution >= 4 is 45.2 Å². The first kappa shape index (κ1) is 29.5. The van der Waals surface area contributed by atoms with Crippen molar-refractivity contribution in [3.8, 4) is 11.5 Å². The summed E-state index contributed by atoms with van der Waals surface area (Å²) >= 11 is 5.10. The fourth-order valence-corrected chi connectivity index (χ4v) is 9.68. The molecule has 42 heavy (non-hydrogen) atoms. The summed E-state index contributed by atoms with van der Waals surface area (Å²) < 4.78 is 20.4. The third kappa shape index (κ3) is 4.46. The van der Waals surface area contributed by atoms with Crippen LogP contribution in [0.25, 0.3) is 6.08 Å². The molecule has 0 unspecified atom stereocenters. The van der Waals surface area contributed by atoms with Gasteiger partial charge in [0.15, 0.2) is 11.5 Å². The molecule has 9 heteroatoms. The highest BCUT2D eigenvalue weighted by Crippen LogP contribution is 2.67. The van der Waals surface area contributed by atoms with Crippen LogP contribution in [0.4, 0.5) is 0 Å². The molecule has 2 aliphatic heterocycles. The molecule has 1 saturated heterocycles. The summed E-state index contributed by atoms with van der Waals surface area (Å²) in [6.45, 7) is 12.0. The van der Waals surface area contributed by atoms with Crippen LogP contribution in [-0.4, -0.2) is 72.2 Å². The number of benzene rings is 1. The van der Waals surface area contributed by atoms with Crippen LogP contribution in [0.3, 0.4) is 0 Å². The molecule has 2 fully saturated rings. The van der Waals surface area contributed by atoms with Crippen LogP contribution in [0.15, 0.2) is 46.8 Å². The smallest absolute Gasteiger partial charge is 0.303 e. The molecular weight excluding hydrogens is 616 g/mol. The summed E-state index contributed by atoms with van der Waals surface area (Å²) in [6.07, 6.45) is 7.96. The van der Waals surface area contributed by atoms with Gasteiger partial charge in [-0.3, -0.25) is 14.5 Å². The van der Waals surface area contributed by atoms with E-state index in [1.54, 1.807) is 24.5 Å². The molecular formula is C33H39BrN2O5S. The van der Waals surface area contributed by atoms with Crippen LogP contribution in [-0.2, 0) is 26.2 Å². The Morgan fingerprint density at radius 3 is 2.81 bits per heavy atom. The molecule has 1 amide bonds. The van der Waals surface area contributed by atoms with Crippen LogP contribution in [0.2, 0.25) is 0 Å². The molecule has 1 aromatic carbocycles. The molecule has 5 atom stereocenters. The van der Waals surface area contributed by atoms with E-state index >= 15 is 0 Å². The van der Waals surface area contributed by atoms with E-state index in [0.717, 1.165) is 46.6 Å². The van der Waals surface area contributed by atoms with Crippen LogP contribution in [0.1, 0.15) is 56.0 Å². The molecule has 4 aliphatic rings. The second-order valence-corrected chi connectivity index (χ2v) is 14.2. The van der Waals surface area contributed by atoms with Gasteiger partial charge in [-0.25, -0.2) is 0 Å². The Morgan fingerprint density at radius 2 is 2.14 bits per heavy atom. The zero-order valence-corrected chi connectivity index (χ0v) is 27.1. The van der Waals surface area contributed by atoms with Crippen LogP contribution < -0.4 is 9.47 Å². The first-order valence-electron chi connectivity index (χ1n) is 14.8. The number of nitrogens with zero attached hydrogens (tertiary/aromatic N) is 2. The minimum Gasteiger partial charge on any atom is -0.493 e. The summed E-state index contributed by atoms with van der Waals surface area (Å²) in [5.41, 5.74) is 0.945. The molecule has 6 rings (SSSR count). The van der Waals surface area contributed by atoms with Gasteiger partial charge in [-0.15, -0.1) is 17.9 Å². The lowest BCUT2D eigenvalue weighted by molar-refractivity contribution is -0.223. The zero-order valence-electron chi connectivity index (χ0n) is 24.7. The number of ether oxygens (including phenoxy) is 3. The monoisotopic (exact) mass is 654 g/mol. The van der Waals surface area contributed by atoms with Crippen molar-refractivity contribution in [2.45, 2.75) is 75.7 Å². The van der Waals surface area contributed by atoms with Gasteiger partial charge >= 0.3 is 5.97 Å². The average molecular weight is 656 g/mol. The number of rotatable bonds is 9. The highest BCUT2D eigenvalue weighted by molar-refractivity contribution is 9.10. The van der Waals surface area contributed by atoms with Crippen molar-refractivity contribution in [2.75, 3.05) is 26.7 Å². The number of amides is 1. The van der Waals surface area contributed by atoms with Crippen molar-refractivity contribution in [1.82, 2.24) is 9.80 Å². The molecule has 0 radical (unpaired) electrons. The van der Waals surface area contributed by atoms with E-state index in [4.69, 9.17) is 14.2 Å². The minimum atomic E-state index is -0.780. The maximum atomic E-state index is 14.0. The van der Waals surface area contributed by atoms with E-state index in [-0.39, 0.29) is 36.0 Å². The molecule has 7 nitrogen and oxygen atoms in total. The Balaban J connectivity index is 1.49. The summed E-state index contributed by atoms with van der Waals surface area (Å²) in [5.74, 6) is 1.38. The maximum Gasteiger partial charge on any atom is 0.303 e. The SMILES string of the molecule is C=CCN1CC[C@]23c4c5ccc(OC)c4O[C@H]2[C@@H](N(CC(C)C)C(=O)/C=C/c2cc(Br)cs2)CC[C@@]3(OC(C)=O)[C@H]1C5. The van der Waals surface area contributed by atoms with Crippen LogP contribution >= 0.6 is 27.3 Å². The highest BCUT2D eigenvalue weighted by Gasteiger charge is 2.75. The number of carbonyl (C=O) groups is 2. The number of halogens is 1. The van der Waals surface area contributed by atoms with Crippen LogP contribution in [0.5, 0.6) is 11.5 Å². The van der Waals surface area contributed by atoms with Gasteiger partial charge < -0.3 is 19.1 Å². The zero-order chi connectivity index (χ0) is 29.8. The third-order valence-electron chi connectivity index (χ3n) is 9.62. The van der Waals surface area contributed by atoms with E-state index in [9.17, 15) is 9.59 Å². The summed E-state index contributed by atoms with van der Waals surface area (Å²) in [7, 11) is 1.67. The second kappa shape index (κ2) is 11.1. The van der Waals surface area contributed by atoms with Gasteiger partial charge in [-0.2, -0.15) is 0 Å². The van der Waals surface area contributed by atoms with Gasteiger partial charge in [0.05, 0.1) is 24.6 Å². The quantitative estimate of drug-likeness (QED) is 0.188. The van der Waals surface area contributed by atoms with Gasteiger partial charge in [-0.05, 0) is 71.3 Å². The van der Waals surface area contributed by atoms with Gasteiger partial charge in [0.2, 0.25) is 5.91 Å². The summed E-state index contributed by atoms with van der Waals surface area (Å²) in [6, 6.07) is 5.94. The lowest BCUT2D eigenvalue weighted by Crippen LogP contribution is -2.79. The highest BCUT2D eigenvalue weighted by atomic mass is 79.9. The van der Waals surface area contributed by atoms with Gasteiger partial charge in [0, 0.05) is 52.9 Å². The lowest BCUT2D eigenvalue weighted by Gasteiger charge is -2.65. The van der Waals surface area contributed by atoms with Gasteiger partial charge in [0.1, 0.15) is 11.7 Å². The topological polar surface area (TPSA) is 68.3 Å². The van der Waals surface area contributed by atoms with E-state index in [0.29, 0.717) is 25.1 Å². The standard InChI is InChI=1S/C33H39BrN2O5S/c1-6-14-35-15-13-32-29-22-7-9-26(39-5)30(29)40-31(32)25(11-12-33(32,27(35)16-22)41-21(4)37)36(18-20(2)3)28(38)10-8-24-17-23(34)19-42-24/h6-10,17,19-20,25,27,31H,1,11-16,18H2,2-5H3/b10-8+/t25-,27+,31-,32-,33+/m0/s1. The predicted molar refractivity (Wildman–Crippen MR) is 168 cm³/mol. The molecule has 1 saturated carbocycles. The first-order chi connectivity index (χ1) is 20.1. The normalized spacial score (nSPS) is 29.2. The maximum absolute atomic E-state index is 14.0. The molecule has 2 bridgehead atoms. The average Bonchev–Trinajstić information content (AvgIpc) is 3.52. The number of likely N-dealkylation sites (tertiary alicyclic amines) is 1. The number of hydrogen-bond donors (Lipinski definition) is 0. The Labute approximate surface area is 260 Å². The number of carbonyl (C=O) groups excluding carboxylic acids is 2. The number of esters is 1. The Kier molecular flexibility index (Phi) is 7.81. The predicted octanol–water partition coefficient (Wildman–Crippen LogP) is 6.00. The van der Waals surface area contributed by atoms with E-state index in [2.05, 4.69) is 47.3 Å². The molecule has 2 aliphatic carbocycles. The minimum absolute atomic E-state index is 0.0153. The Hall–Kier alpha value is -2.62. The van der Waals surface area contributed by atoms with Gasteiger partial charge in [-0.1, -0.05) is 26.0 Å². The van der Waals surface area contributed by atoms with E-state index in [1.807, 2.05) is 34.6 Å². The van der Waals surface area contributed by atoms with Crippen molar-refractivity contribution in [3.05, 3.63) is 62.8 Å². The Bertz CT molecular complexity index is 1440. The van der Waals surface area contributed by atoms with E-state index < -0.39 is 11.0 Å². The lowest BCUT2D eigenvalue weighted by atomic mass is 9.48. The molecule has 1 aromatic heterocycles. The third-order valence-corrected chi connectivity index (χ3v) is 11.3. The summed E-state index contributed by atoms with van der Waals surface area (Å²) in [4.78, 5) is 32.4. The summed E-state index contributed by atoms with van der Waals surface area (Å²) in [5, 5.41) is 2.01. The number of hydrogen-bond acceptors (Lipinski definition) is 7. The van der Waals surface area contributed by atoms with Crippen molar-refractivity contribution in [1.29, 1.82) is 0 Å². The number of thiophene rings is 1. The molecule has 2 aromatic rings. The largest absolute Gasteiger partial charge is 0.493 e. The molecule has 1 spiro atoms. The molecule has 224 valence electrons. The van der Waals surface area contributed by atoms with Crippen LogP contribution in [0, 0.1) is 5.92 Å². The van der Waals surface area contributed by atoms with Crippen molar-refractivity contribution < 1.29 is 23.8 Å². The first-order valence-corrected chi connectivity index (χ1v) is 16.5. The van der Waals surface area contributed by atoms with Crippen molar-refractivity contribution in [3.63, 3.8) is 0 Å². The fraction of sp³-hybridized carbons (Fsp3) is 0.515. The van der Waals surface area contributed by atoms with E-state index in [1.165, 1.54) is 12.5 Å². The van der Waals surface area contributed by atoms with Gasteiger partial charge in [0.25, 0.3) is 0 Å². The Morgan fingerprint density at radius 1 is 1.33 bits per heavy atom. The van der Waals surface area contributed by atoms with Crippen molar-refractivity contribution in [2.24, 2.45) is 5.92 Å². The molecule has 3 heterocycles. The number of methoxy groups -OCH3 is 1. The fourth-order valence-electron chi connectivity index (χ4n) is 8.34.